The second-order valence-corrected chi connectivity index (χ2v) is 11.9. The Morgan fingerprint density at radius 1 is 0.522 bits per heavy atom. The number of carbonyl (C=O) groups excluding carboxylic acids is 2. The van der Waals surface area contributed by atoms with Crippen LogP contribution in [0.25, 0.3) is 0 Å². The van der Waals surface area contributed by atoms with E-state index in [0.717, 1.165) is 96.3 Å². The van der Waals surface area contributed by atoms with Gasteiger partial charge in [-0.3, -0.25) is 9.59 Å². The molecule has 0 amide bonds. The third-order valence-electron chi connectivity index (χ3n) is 7.48. The predicted molar refractivity (Wildman–Crippen MR) is 196 cm³/mol. The average Bonchev–Trinajstić information content (AvgIpc) is 3.06. The first-order valence-corrected chi connectivity index (χ1v) is 18.5. The van der Waals surface area contributed by atoms with Crippen LogP contribution in [0, 0.1) is 0 Å². The molecule has 0 aromatic heterocycles. The summed E-state index contributed by atoms with van der Waals surface area (Å²) in [6.07, 6.45) is 48.1. The van der Waals surface area contributed by atoms with Crippen molar-refractivity contribution >= 4 is 11.9 Å². The van der Waals surface area contributed by atoms with Gasteiger partial charge in [-0.15, -0.1) is 0 Å². The number of hydrogen-bond donors (Lipinski definition) is 1. The maximum Gasteiger partial charge on any atom is 0.306 e. The van der Waals surface area contributed by atoms with Crippen molar-refractivity contribution in [2.24, 2.45) is 0 Å². The molecule has 5 heteroatoms. The van der Waals surface area contributed by atoms with Crippen LogP contribution in [-0.2, 0) is 19.1 Å². The molecule has 0 aromatic carbocycles. The largest absolute Gasteiger partial charge is 0.462 e. The molecule has 5 nitrogen and oxygen atoms in total. The predicted octanol–water partition coefficient (Wildman–Crippen LogP) is 11.4. The Morgan fingerprint density at radius 3 is 1.41 bits per heavy atom. The zero-order chi connectivity index (χ0) is 33.6. The number of hydrogen-bond acceptors (Lipinski definition) is 5. The van der Waals surface area contributed by atoms with Crippen LogP contribution in [0.3, 0.4) is 0 Å². The highest BCUT2D eigenvalue weighted by Crippen LogP contribution is 2.10. The summed E-state index contributed by atoms with van der Waals surface area (Å²) in [6, 6.07) is 0. The maximum atomic E-state index is 12.1. The topological polar surface area (TPSA) is 72.8 Å². The van der Waals surface area contributed by atoms with Gasteiger partial charge in [0.15, 0.2) is 6.10 Å². The van der Waals surface area contributed by atoms with Crippen molar-refractivity contribution in [3.63, 3.8) is 0 Å². The quantitative estimate of drug-likeness (QED) is 0.0450. The molecule has 0 aliphatic carbocycles. The van der Waals surface area contributed by atoms with Crippen molar-refractivity contribution < 1.29 is 24.2 Å². The standard InChI is InChI=1S/C41H68O5/c1-3-5-7-9-11-13-15-17-19-20-22-24-26-28-30-32-34-36-41(44)46-39(37-42)38-45-40(43)35-33-31-29-27-25-23-21-18-16-14-12-10-8-6-4-2/h6,8,11-14,17-19,21-22,24,39,42H,3-5,7,9-10,15-16,20,23,25-38H2,1-2H3/b8-6-,13-11-,14-12-,19-17-,21-18-,24-22-/t39-/m0/s1. The minimum absolute atomic E-state index is 0.0880. The summed E-state index contributed by atoms with van der Waals surface area (Å²) in [5.41, 5.74) is 0. The van der Waals surface area contributed by atoms with E-state index in [1.165, 1.54) is 32.1 Å². The Morgan fingerprint density at radius 2 is 0.935 bits per heavy atom. The highest BCUT2D eigenvalue weighted by atomic mass is 16.6. The molecule has 0 unspecified atom stereocenters. The molecule has 0 aromatic rings. The molecule has 0 aliphatic rings. The van der Waals surface area contributed by atoms with E-state index in [-0.39, 0.29) is 25.2 Å². The zero-order valence-corrected chi connectivity index (χ0v) is 29.6. The van der Waals surface area contributed by atoms with E-state index >= 15 is 0 Å². The van der Waals surface area contributed by atoms with Crippen LogP contribution in [0.2, 0.25) is 0 Å². The molecular formula is C41H68O5. The number of allylic oxidation sites excluding steroid dienone is 12. The van der Waals surface area contributed by atoms with Crippen molar-refractivity contribution in [2.75, 3.05) is 13.2 Å². The number of unbranched alkanes of at least 4 members (excludes halogenated alkanes) is 12. The third kappa shape index (κ3) is 34.2. The Labute approximate surface area is 283 Å². The van der Waals surface area contributed by atoms with Crippen molar-refractivity contribution in [1.82, 2.24) is 0 Å². The average molecular weight is 641 g/mol. The minimum atomic E-state index is -0.793. The molecule has 0 rings (SSSR count). The molecule has 0 bridgehead atoms. The zero-order valence-electron chi connectivity index (χ0n) is 29.6. The van der Waals surface area contributed by atoms with E-state index < -0.39 is 6.10 Å². The smallest absolute Gasteiger partial charge is 0.306 e. The molecule has 0 saturated carbocycles. The summed E-state index contributed by atoms with van der Waals surface area (Å²) in [6.45, 7) is 3.94. The van der Waals surface area contributed by atoms with Crippen LogP contribution in [0.5, 0.6) is 0 Å². The number of carbonyl (C=O) groups is 2. The Balaban J connectivity index is 3.67. The molecule has 0 saturated heterocycles. The van der Waals surface area contributed by atoms with E-state index in [1.54, 1.807) is 0 Å². The van der Waals surface area contributed by atoms with Gasteiger partial charge in [-0.1, -0.05) is 132 Å². The summed E-state index contributed by atoms with van der Waals surface area (Å²) in [5, 5.41) is 9.53. The lowest BCUT2D eigenvalue weighted by atomic mass is 10.1. The molecule has 1 atom stereocenters. The first kappa shape index (κ1) is 43.3. The van der Waals surface area contributed by atoms with Gasteiger partial charge < -0.3 is 14.6 Å². The van der Waals surface area contributed by atoms with E-state index in [0.29, 0.717) is 12.8 Å². The molecular weight excluding hydrogens is 572 g/mol. The van der Waals surface area contributed by atoms with Crippen molar-refractivity contribution in [3.05, 3.63) is 72.9 Å². The highest BCUT2D eigenvalue weighted by Gasteiger charge is 2.16. The van der Waals surface area contributed by atoms with Gasteiger partial charge in [0.2, 0.25) is 0 Å². The molecule has 1 N–H and O–H groups in total. The number of aliphatic hydroxyl groups excluding tert-OH is 1. The van der Waals surface area contributed by atoms with Gasteiger partial charge in [0.1, 0.15) is 6.61 Å². The summed E-state index contributed by atoms with van der Waals surface area (Å²) >= 11 is 0. The van der Waals surface area contributed by atoms with Crippen LogP contribution >= 0.6 is 0 Å². The fourth-order valence-electron chi connectivity index (χ4n) is 4.69. The summed E-state index contributed by atoms with van der Waals surface area (Å²) < 4.78 is 10.6. The minimum Gasteiger partial charge on any atom is -0.462 e. The van der Waals surface area contributed by atoms with Gasteiger partial charge in [-0.25, -0.2) is 0 Å². The lowest BCUT2D eigenvalue weighted by molar-refractivity contribution is -0.161. The lowest BCUT2D eigenvalue weighted by Crippen LogP contribution is -2.28. The van der Waals surface area contributed by atoms with E-state index in [4.69, 9.17) is 9.47 Å². The third-order valence-corrected chi connectivity index (χ3v) is 7.48. The van der Waals surface area contributed by atoms with Gasteiger partial charge in [0, 0.05) is 12.8 Å². The van der Waals surface area contributed by atoms with Crippen LogP contribution in [-0.4, -0.2) is 36.4 Å². The van der Waals surface area contributed by atoms with E-state index in [9.17, 15) is 14.7 Å². The molecule has 0 heterocycles. The second-order valence-electron chi connectivity index (χ2n) is 11.9. The lowest BCUT2D eigenvalue weighted by Gasteiger charge is -2.15. The molecule has 0 fully saturated rings. The summed E-state index contributed by atoms with van der Waals surface area (Å²) in [5.74, 6) is -0.644. The van der Waals surface area contributed by atoms with Crippen LogP contribution in [0.15, 0.2) is 72.9 Å². The number of esters is 2. The fourth-order valence-corrected chi connectivity index (χ4v) is 4.69. The molecule has 0 radical (unpaired) electrons. The molecule has 0 spiro atoms. The van der Waals surface area contributed by atoms with E-state index in [1.807, 2.05) is 0 Å². The number of ether oxygens (including phenoxy) is 2. The fraction of sp³-hybridized carbons (Fsp3) is 0.659. The van der Waals surface area contributed by atoms with Gasteiger partial charge >= 0.3 is 11.9 Å². The number of rotatable bonds is 32. The van der Waals surface area contributed by atoms with Gasteiger partial charge in [0.05, 0.1) is 6.61 Å². The second kappa shape index (κ2) is 36.8. The highest BCUT2D eigenvalue weighted by molar-refractivity contribution is 5.70. The molecule has 0 aliphatic heterocycles. The van der Waals surface area contributed by atoms with Crippen LogP contribution in [0.4, 0.5) is 0 Å². The maximum absolute atomic E-state index is 12.1. The molecule has 46 heavy (non-hydrogen) atoms. The van der Waals surface area contributed by atoms with Crippen molar-refractivity contribution in [2.45, 2.75) is 161 Å². The molecule has 262 valence electrons. The normalized spacial score (nSPS) is 13.0. The van der Waals surface area contributed by atoms with Crippen LogP contribution in [0.1, 0.15) is 155 Å². The van der Waals surface area contributed by atoms with Crippen molar-refractivity contribution in [1.29, 1.82) is 0 Å². The van der Waals surface area contributed by atoms with Gasteiger partial charge in [-0.05, 0) is 83.5 Å². The Kier molecular flexibility index (Phi) is 34.7. The monoisotopic (exact) mass is 641 g/mol. The summed E-state index contributed by atoms with van der Waals surface area (Å²) in [4.78, 5) is 24.2. The van der Waals surface area contributed by atoms with Crippen molar-refractivity contribution in [3.8, 4) is 0 Å². The van der Waals surface area contributed by atoms with Crippen LogP contribution < -0.4 is 0 Å². The van der Waals surface area contributed by atoms with Gasteiger partial charge in [-0.2, -0.15) is 0 Å². The SMILES string of the molecule is CC/C=C\C/C=C\C/C=C\CCCCCCCC(=O)OC[C@H](CO)OC(=O)CCCCCC/C=C\C/C=C\C/C=C\CCCCC. The Bertz CT molecular complexity index is 864. The first-order chi connectivity index (χ1) is 22.6. The summed E-state index contributed by atoms with van der Waals surface area (Å²) in [7, 11) is 0. The van der Waals surface area contributed by atoms with E-state index in [2.05, 4.69) is 86.8 Å². The Hall–Kier alpha value is -2.66. The first-order valence-electron chi connectivity index (χ1n) is 18.5. The number of aliphatic hydroxyl groups is 1. The van der Waals surface area contributed by atoms with Gasteiger partial charge in [0.25, 0.3) is 0 Å².